The molecule has 41 heavy (non-hydrogen) atoms. The Labute approximate surface area is 254 Å². The number of benzene rings is 3. The summed E-state index contributed by atoms with van der Waals surface area (Å²) < 4.78 is 19.7. The molecule has 0 unspecified atom stereocenters. The summed E-state index contributed by atoms with van der Waals surface area (Å²) in [6.45, 7) is 4.06. The monoisotopic (exact) mass is 652 g/mol. The molecular weight excluding hydrogens is 628 g/mol. The maximum absolute atomic E-state index is 13.9. The van der Waals surface area contributed by atoms with Crippen LogP contribution in [0.4, 0.5) is 0 Å². The van der Waals surface area contributed by atoms with Gasteiger partial charge in [0.05, 0.1) is 40.0 Å². The van der Waals surface area contributed by atoms with Crippen molar-refractivity contribution in [1.29, 1.82) is 0 Å². The van der Waals surface area contributed by atoms with Crippen LogP contribution in [0.1, 0.15) is 36.6 Å². The molecule has 1 aliphatic rings. The Morgan fingerprint density at radius 3 is 2.56 bits per heavy atom. The van der Waals surface area contributed by atoms with Crippen molar-refractivity contribution >= 4 is 50.9 Å². The quantitative estimate of drug-likeness (QED) is 0.225. The normalized spacial score (nSPS) is 14.9. The van der Waals surface area contributed by atoms with E-state index in [1.807, 2.05) is 66.7 Å². The van der Waals surface area contributed by atoms with Gasteiger partial charge in [0.25, 0.3) is 5.56 Å². The molecule has 0 spiro atoms. The van der Waals surface area contributed by atoms with Gasteiger partial charge in [0.15, 0.2) is 16.3 Å². The van der Waals surface area contributed by atoms with Crippen molar-refractivity contribution in [3.05, 3.63) is 124 Å². The van der Waals surface area contributed by atoms with Crippen molar-refractivity contribution < 1.29 is 19.0 Å². The number of aromatic nitrogens is 1. The predicted molar refractivity (Wildman–Crippen MR) is 163 cm³/mol. The highest BCUT2D eigenvalue weighted by Gasteiger charge is 2.33. The number of rotatable bonds is 8. The lowest BCUT2D eigenvalue weighted by molar-refractivity contribution is -0.139. The minimum absolute atomic E-state index is 0.220. The van der Waals surface area contributed by atoms with Crippen LogP contribution >= 0.6 is 38.9 Å². The van der Waals surface area contributed by atoms with E-state index in [0.717, 1.165) is 16.7 Å². The number of ether oxygens (including phenoxy) is 3. The highest BCUT2D eigenvalue weighted by molar-refractivity contribution is 9.10. The molecule has 3 aromatic carbocycles. The van der Waals surface area contributed by atoms with Gasteiger partial charge in [-0.25, -0.2) is 9.79 Å². The van der Waals surface area contributed by atoms with Crippen LogP contribution in [0.15, 0.2) is 92.3 Å². The fraction of sp³-hybridized carbons (Fsp3) is 0.194. The van der Waals surface area contributed by atoms with Gasteiger partial charge in [-0.1, -0.05) is 65.4 Å². The van der Waals surface area contributed by atoms with Crippen molar-refractivity contribution in [2.45, 2.75) is 26.5 Å². The topological polar surface area (TPSA) is 79.1 Å². The van der Waals surface area contributed by atoms with Gasteiger partial charge < -0.3 is 14.2 Å². The Balaban J connectivity index is 1.56. The number of hydrogen-bond acceptors (Lipinski definition) is 7. The van der Waals surface area contributed by atoms with Gasteiger partial charge in [-0.3, -0.25) is 9.36 Å². The molecule has 1 atom stereocenters. The summed E-state index contributed by atoms with van der Waals surface area (Å²) in [5.74, 6) is 0.564. The first-order valence-corrected chi connectivity index (χ1v) is 14.8. The van der Waals surface area contributed by atoms with Crippen LogP contribution in [0.2, 0.25) is 5.02 Å². The van der Waals surface area contributed by atoms with Crippen LogP contribution in [0.5, 0.6) is 11.5 Å². The van der Waals surface area contributed by atoms with Gasteiger partial charge in [0.2, 0.25) is 0 Å². The van der Waals surface area contributed by atoms with E-state index >= 15 is 0 Å². The number of carbonyl (C=O) groups excluding carboxylic acids is 1. The highest BCUT2D eigenvalue weighted by Crippen LogP contribution is 2.37. The number of esters is 1. The molecular formula is C31H26BrClN2O5S. The second kappa shape index (κ2) is 12.5. The number of nitrogens with zero attached hydrogens (tertiary/aromatic N) is 2. The summed E-state index contributed by atoms with van der Waals surface area (Å²) in [5, 5.41) is 0.657. The molecule has 4 aromatic rings. The first-order valence-electron chi connectivity index (χ1n) is 12.8. The lowest BCUT2D eigenvalue weighted by atomic mass is 9.96. The average molecular weight is 654 g/mol. The summed E-state index contributed by atoms with van der Waals surface area (Å²) in [7, 11) is 1.56. The average Bonchev–Trinajstić information content (AvgIpc) is 3.26. The second-order valence-corrected chi connectivity index (χ2v) is 11.5. The van der Waals surface area contributed by atoms with E-state index in [-0.39, 0.29) is 12.2 Å². The molecule has 7 nitrogen and oxygen atoms in total. The standard InChI is InChI=1S/C31H26BrClN2O5S/c1-4-39-30(37)26-18(2)34-31-35(27(26)21-8-6-5-7-9-21)29(36)25(41-31)16-20-14-23(32)28(24(15-20)38-3)40-17-19-10-12-22(33)13-11-19/h5-16,27H,4,17H2,1-3H3/b25-16-/t27-/m0/s1. The molecule has 210 valence electrons. The number of allylic oxidation sites excluding steroid dienone is 1. The molecule has 0 fully saturated rings. The van der Waals surface area contributed by atoms with Gasteiger partial charge in [0, 0.05) is 5.02 Å². The van der Waals surface area contributed by atoms with Crippen molar-refractivity contribution in [2.75, 3.05) is 13.7 Å². The molecule has 0 N–H and O–H groups in total. The molecule has 0 amide bonds. The summed E-state index contributed by atoms with van der Waals surface area (Å²) >= 11 is 10.8. The number of thiazole rings is 1. The lowest BCUT2D eigenvalue weighted by Crippen LogP contribution is -2.39. The Kier molecular flexibility index (Phi) is 8.77. The van der Waals surface area contributed by atoms with Crippen LogP contribution in [0, 0.1) is 0 Å². The van der Waals surface area contributed by atoms with E-state index < -0.39 is 12.0 Å². The zero-order valence-corrected chi connectivity index (χ0v) is 25.7. The fourth-order valence-corrected chi connectivity index (χ4v) is 6.34. The third-order valence-corrected chi connectivity index (χ3v) is 8.30. The van der Waals surface area contributed by atoms with Gasteiger partial charge in [-0.15, -0.1) is 0 Å². The van der Waals surface area contributed by atoms with Gasteiger partial charge in [0.1, 0.15) is 6.61 Å². The minimum Gasteiger partial charge on any atom is -0.493 e. The Morgan fingerprint density at radius 1 is 1.15 bits per heavy atom. The third-order valence-electron chi connectivity index (χ3n) is 6.48. The Morgan fingerprint density at radius 2 is 1.88 bits per heavy atom. The maximum Gasteiger partial charge on any atom is 0.338 e. The highest BCUT2D eigenvalue weighted by atomic mass is 79.9. The van der Waals surface area contributed by atoms with E-state index in [9.17, 15) is 9.59 Å². The molecule has 1 aliphatic heterocycles. The van der Waals surface area contributed by atoms with E-state index in [1.165, 1.54) is 11.3 Å². The first-order chi connectivity index (χ1) is 19.8. The lowest BCUT2D eigenvalue weighted by Gasteiger charge is -2.24. The van der Waals surface area contributed by atoms with E-state index in [4.69, 9.17) is 25.8 Å². The number of methoxy groups -OCH3 is 1. The molecule has 5 rings (SSSR count). The van der Waals surface area contributed by atoms with Gasteiger partial charge in [-0.2, -0.15) is 0 Å². The Hall–Kier alpha value is -3.66. The first kappa shape index (κ1) is 28.9. The van der Waals surface area contributed by atoms with Crippen molar-refractivity contribution in [2.24, 2.45) is 4.99 Å². The third kappa shape index (κ3) is 6.02. The molecule has 2 heterocycles. The van der Waals surface area contributed by atoms with Crippen LogP contribution in [-0.4, -0.2) is 24.3 Å². The van der Waals surface area contributed by atoms with Crippen LogP contribution in [-0.2, 0) is 16.1 Å². The molecule has 1 aromatic heterocycles. The molecule has 0 bridgehead atoms. The predicted octanol–water partition coefficient (Wildman–Crippen LogP) is 5.80. The minimum atomic E-state index is -0.654. The van der Waals surface area contributed by atoms with Crippen LogP contribution in [0.25, 0.3) is 6.08 Å². The largest absolute Gasteiger partial charge is 0.493 e. The SMILES string of the molecule is CCOC(=O)C1=C(C)N=c2s/c(=C\c3cc(Br)c(OCc4ccc(Cl)cc4)c(OC)c3)c(=O)n2[C@H]1c1ccccc1. The molecule has 0 radical (unpaired) electrons. The molecule has 10 heteroatoms. The van der Waals surface area contributed by atoms with E-state index in [1.54, 1.807) is 31.6 Å². The summed E-state index contributed by atoms with van der Waals surface area (Å²) in [6, 6.07) is 19.9. The maximum atomic E-state index is 13.9. The van der Waals surface area contributed by atoms with Crippen molar-refractivity contribution in [3.8, 4) is 11.5 Å². The summed E-state index contributed by atoms with van der Waals surface area (Å²) in [5.41, 5.74) is 3.11. The number of carbonyl (C=O) groups is 1. The number of halogens is 2. The zero-order chi connectivity index (χ0) is 29.1. The number of hydrogen-bond donors (Lipinski definition) is 0. The van der Waals surface area contributed by atoms with Crippen molar-refractivity contribution in [1.82, 2.24) is 4.57 Å². The Bertz CT molecular complexity index is 1810. The smallest absolute Gasteiger partial charge is 0.338 e. The van der Waals surface area contributed by atoms with Crippen LogP contribution in [0.3, 0.4) is 0 Å². The van der Waals surface area contributed by atoms with E-state index in [0.29, 0.717) is 48.2 Å². The molecule has 0 aliphatic carbocycles. The van der Waals surface area contributed by atoms with E-state index in [2.05, 4.69) is 20.9 Å². The van der Waals surface area contributed by atoms with Gasteiger partial charge >= 0.3 is 5.97 Å². The molecule has 0 saturated carbocycles. The summed E-state index contributed by atoms with van der Waals surface area (Å²) in [6.07, 6.45) is 1.78. The molecule has 0 saturated heterocycles. The second-order valence-electron chi connectivity index (χ2n) is 9.16. The van der Waals surface area contributed by atoms with Crippen molar-refractivity contribution in [3.63, 3.8) is 0 Å². The zero-order valence-electron chi connectivity index (χ0n) is 22.5. The number of fused-ring (bicyclic) bond motifs is 1. The van der Waals surface area contributed by atoms with Crippen LogP contribution < -0.4 is 24.4 Å². The van der Waals surface area contributed by atoms with Gasteiger partial charge in [-0.05, 0) is 76.8 Å². The fourth-order valence-electron chi connectivity index (χ4n) is 4.59. The summed E-state index contributed by atoms with van der Waals surface area (Å²) in [4.78, 5) is 32.0.